The fourth-order valence-electron chi connectivity index (χ4n) is 2.54. The van der Waals surface area contributed by atoms with Gasteiger partial charge in [0.05, 0.1) is 11.5 Å². The Hall–Kier alpha value is -2.92. The predicted molar refractivity (Wildman–Crippen MR) is 108 cm³/mol. The summed E-state index contributed by atoms with van der Waals surface area (Å²) in [5.74, 6) is 0.756. The zero-order chi connectivity index (χ0) is 19.0. The third kappa shape index (κ3) is 5.79. The average molecular weight is 379 g/mol. The fraction of sp³-hybridized carbons (Fsp3) is 0.136. The Labute approximate surface area is 160 Å². The van der Waals surface area contributed by atoms with Crippen molar-refractivity contribution in [2.75, 3.05) is 6.61 Å². The molecule has 3 rings (SSSR count). The van der Waals surface area contributed by atoms with Crippen LogP contribution in [0.3, 0.4) is 0 Å². The fourth-order valence-corrected chi connectivity index (χ4v) is 3.43. The highest BCUT2D eigenvalue weighted by atomic mass is 32.2. The van der Waals surface area contributed by atoms with Crippen molar-refractivity contribution < 1.29 is 13.2 Å². The maximum Gasteiger partial charge on any atom is 0.282 e. The second-order valence-electron chi connectivity index (χ2n) is 6.03. The highest BCUT2D eigenvalue weighted by Crippen LogP contribution is 2.14. The lowest BCUT2D eigenvalue weighted by Crippen LogP contribution is -2.00. The highest BCUT2D eigenvalue weighted by Gasteiger charge is 2.10. The quantitative estimate of drug-likeness (QED) is 0.427. The molecular formula is C22H21NO3S. The van der Waals surface area contributed by atoms with E-state index >= 15 is 0 Å². The Morgan fingerprint density at radius 1 is 0.815 bits per heavy atom. The summed E-state index contributed by atoms with van der Waals surface area (Å²) in [6, 6.07) is 25.7. The molecule has 0 aromatic heterocycles. The number of benzene rings is 3. The van der Waals surface area contributed by atoms with E-state index in [1.807, 2.05) is 30.3 Å². The van der Waals surface area contributed by atoms with Gasteiger partial charge >= 0.3 is 0 Å². The molecule has 0 saturated carbocycles. The topological polar surface area (TPSA) is 55.7 Å². The van der Waals surface area contributed by atoms with Gasteiger partial charge < -0.3 is 4.74 Å². The van der Waals surface area contributed by atoms with E-state index in [1.54, 1.807) is 30.3 Å². The van der Waals surface area contributed by atoms with Crippen LogP contribution in [-0.4, -0.2) is 21.2 Å². The van der Waals surface area contributed by atoms with Gasteiger partial charge in [0.25, 0.3) is 10.0 Å². The Morgan fingerprint density at radius 2 is 1.44 bits per heavy atom. The van der Waals surface area contributed by atoms with Crippen molar-refractivity contribution in [3.8, 4) is 5.75 Å². The van der Waals surface area contributed by atoms with Crippen LogP contribution in [0, 0.1) is 0 Å². The van der Waals surface area contributed by atoms with Crippen LogP contribution < -0.4 is 4.74 Å². The molecule has 0 bridgehead atoms. The second-order valence-corrected chi connectivity index (χ2v) is 7.66. The van der Waals surface area contributed by atoms with Crippen LogP contribution in [-0.2, 0) is 16.4 Å². The Morgan fingerprint density at radius 3 is 2.11 bits per heavy atom. The lowest BCUT2D eigenvalue weighted by molar-refractivity contribution is 0.311. The summed E-state index contributed by atoms with van der Waals surface area (Å²) in [6.45, 7) is 0.630. The van der Waals surface area contributed by atoms with Crippen LogP contribution in [0.2, 0.25) is 0 Å². The molecule has 138 valence electrons. The van der Waals surface area contributed by atoms with Crippen molar-refractivity contribution in [2.24, 2.45) is 4.40 Å². The number of sulfonamides is 1. The Bertz CT molecular complexity index is 967. The minimum Gasteiger partial charge on any atom is -0.494 e. The summed E-state index contributed by atoms with van der Waals surface area (Å²) in [5, 5.41) is 0. The normalized spacial score (nSPS) is 11.6. The van der Waals surface area contributed by atoms with Crippen molar-refractivity contribution in [1.29, 1.82) is 0 Å². The van der Waals surface area contributed by atoms with Gasteiger partial charge in [0.1, 0.15) is 5.75 Å². The van der Waals surface area contributed by atoms with E-state index in [2.05, 4.69) is 16.5 Å². The molecule has 3 aromatic rings. The molecule has 0 fully saturated rings. The summed E-state index contributed by atoms with van der Waals surface area (Å²) in [5.41, 5.74) is 2.00. The number of aryl methyl sites for hydroxylation is 1. The zero-order valence-corrected chi connectivity index (χ0v) is 15.7. The van der Waals surface area contributed by atoms with Gasteiger partial charge in [0, 0.05) is 6.21 Å². The van der Waals surface area contributed by atoms with Crippen LogP contribution in [0.25, 0.3) is 0 Å². The van der Waals surface area contributed by atoms with Gasteiger partial charge in [-0.05, 0) is 60.4 Å². The molecule has 0 aliphatic heterocycles. The molecule has 4 nitrogen and oxygen atoms in total. The first-order valence-corrected chi connectivity index (χ1v) is 10.2. The molecule has 0 heterocycles. The monoisotopic (exact) mass is 379 g/mol. The van der Waals surface area contributed by atoms with Crippen LogP contribution >= 0.6 is 0 Å². The minimum atomic E-state index is -3.67. The van der Waals surface area contributed by atoms with Crippen LogP contribution in [0.1, 0.15) is 17.5 Å². The van der Waals surface area contributed by atoms with Gasteiger partial charge in [0.15, 0.2) is 0 Å². The van der Waals surface area contributed by atoms with Crippen LogP contribution in [0.5, 0.6) is 5.75 Å². The smallest absolute Gasteiger partial charge is 0.282 e. The third-order valence-electron chi connectivity index (χ3n) is 3.98. The van der Waals surface area contributed by atoms with E-state index < -0.39 is 10.0 Å². The van der Waals surface area contributed by atoms with Crippen molar-refractivity contribution in [3.63, 3.8) is 0 Å². The SMILES string of the molecule is O=S(=O)(/N=C\c1ccc(OCCCc2ccccc2)cc1)c1ccccc1. The molecule has 0 saturated heterocycles. The largest absolute Gasteiger partial charge is 0.494 e. The lowest BCUT2D eigenvalue weighted by Gasteiger charge is -2.06. The van der Waals surface area contributed by atoms with Crippen molar-refractivity contribution in [1.82, 2.24) is 0 Å². The van der Waals surface area contributed by atoms with E-state index in [0.717, 1.165) is 18.6 Å². The van der Waals surface area contributed by atoms with Gasteiger partial charge in [-0.2, -0.15) is 12.8 Å². The van der Waals surface area contributed by atoms with E-state index in [-0.39, 0.29) is 4.90 Å². The molecule has 0 aliphatic rings. The van der Waals surface area contributed by atoms with E-state index in [1.165, 1.54) is 23.9 Å². The van der Waals surface area contributed by atoms with Crippen molar-refractivity contribution in [2.45, 2.75) is 17.7 Å². The standard InChI is InChI=1S/C22H21NO3S/c24-27(25,22-11-5-2-6-12-22)23-18-20-13-15-21(16-14-20)26-17-7-10-19-8-3-1-4-9-19/h1-6,8-9,11-16,18H,7,10,17H2/b23-18-. The van der Waals surface area contributed by atoms with Gasteiger partial charge in [-0.15, -0.1) is 0 Å². The second kappa shape index (κ2) is 9.14. The first-order chi connectivity index (χ1) is 13.1. The molecule has 0 unspecified atom stereocenters. The molecule has 5 heteroatoms. The summed E-state index contributed by atoms with van der Waals surface area (Å²) >= 11 is 0. The predicted octanol–water partition coefficient (Wildman–Crippen LogP) is 4.51. The van der Waals surface area contributed by atoms with Crippen LogP contribution in [0.4, 0.5) is 0 Å². The molecule has 27 heavy (non-hydrogen) atoms. The van der Waals surface area contributed by atoms with E-state index in [0.29, 0.717) is 12.2 Å². The zero-order valence-electron chi connectivity index (χ0n) is 14.9. The summed E-state index contributed by atoms with van der Waals surface area (Å²) < 4.78 is 33.8. The number of ether oxygens (including phenoxy) is 1. The maximum absolute atomic E-state index is 12.1. The van der Waals surface area contributed by atoms with E-state index in [9.17, 15) is 8.42 Å². The molecule has 0 N–H and O–H groups in total. The van der Waals surface area contributed by atoms with E-state index in [4.69, 9.17) is 4.74 Å². The summed E-state index contributed by atoms with van der Waals surface area (Å²) in [7, 11) is -3.67. The molecule has 0 atom stereocenters. The number of nitrogens with zero attached hydrogens (tertiary/aromatic N) is 1. The Balaban J connectivity index is 1.51. The van der Waals surface area contributed by atoms with Crippen LogP contribution in [0.15, 0.2) is 94.2 Å². The van der Waals surface area contributed by atoms with Gasteiger partial charge in [-0.3, -0.25) is 0 Å². The third-order valence-corrected chi connectivity index (χ3v) is 5.23. The highest BCUT2D eigenvalue weighted by molar-refractivity contribution is 7.90. The van der Waals surface area contributed by atoms with Crippen molar-refractivity contribution >= 4 is 16.2 Å². The molecule has 0 aliphatic carbocycles. The molecule has 0 radical (unpaired) electrons. The number of hydrogen-bond donors (Lipinski definition) is 0. The Kier molecular flexibility index (Phi) is 6.39. The summed E-state index contributed by atoms with van der Waals surface area (Å²) in [6.07, 6.45) is 3.26. The van der Waals surface area contributed by atoms with Gasteiger partial charge in [-0.1, -0.05) is 48.5 Å². The number of hydrogen-bond acceptors (Lipinski definition) is 3. The average Bonchev–Trinajstić information content (AvgIpc) is 2.72. The van der Waals surface area contributed by atoms with Gasteiger partial charge in [0.2, 0.25) is 0 Å². The molecular weight excluding hydrogens is 358 g/mol. The maximum atomic E-state index is 12.1. The lowest BCUT2D eigenvalue weighted by atomic mass is 10.1. The molecule has 0 amide bonds. The number of rotatable bonds is 8. The summed E-state index contributed by atoms with van der Waals surface area (Å²) in [4.78, 5) is 0.180. The minimum absolute atomic E-state index is 0.180. The van der Waals surface area contributed by atoms with Gasteiger partial charge in [-0.25, -0.2) is 0 Å². The molecule has 0 spiro atoms. The first kappa shape index (κ1) is 18.9. The first-order valence-electron chi connectivity index (χ1n) is 8.76. The molecule has 3 aromatic carbocycles. The van der Waals surface area contributed by atoms with Crippen molar-refractivity contribution in [3.05, 3.63) is 96.1 Å².